The van der Waals surface area contributed by atoms with Gasteiger partial charge in [0, 0.05) is 12.8 Å². The largest absolute Gasteiger partial charge is 0.468 e. The van der Waals surface area contributed by atoms with E-state index in [1.165, 1.54) is 18.4 Å². The van der Waals surface area contributed by atoms with Crippen molar-refractivity contribution in [2.75, 3.05) is 13.7 Å². The summed E-state index contributed by atoms with van der Waals surface area (Å²) < 4.78 is 7.23. The van der Waals surface area contributed by atoms with E-state index >= 15 is 0 Å². The third kappa shape index (κ3) is 3.82. The standard InChI is InChI=1S/C18H19N3O5S/c1-10-6-12-13(7-11(10)2)27-18(20(12)9-17(25)26-3)19-14(22)8-21-15(23)4-5-16(21)24/h6-7H,4-5,8-9H2,1-3H3. The summed E-state index contributed by atoms with van der Waals surface area (Å²) in [4.78, 5) is 52.8. The topological polar surface area (TPSA) is 98.0 Å². The number of likely N-dealkylation sites (tertiary alicyclic amines) is 1. The maximum Gasteiger partial charge on any atom is 0.325 e. The van der Waals surface area contributed by atoms with E-state index in [-0.39, 0.29) is 37.7 Å². The Bertz CT molecular complexity index is 1020. The van der Waals surface area contributed by atoms with Crippen molar-refractivity contribution in [2.24, 2.45) is 4.99 Å². The van der Waals surface area contributed by atoms with Gasteiger partial charge in [0.05, 0.1) is 17.3 Å². The molecule has 0 atom stereocenters. The Labute approximate surface area is 159 Å². The Hall–Kier alpha value is -2.81. The van der Waals surface area contributed by atoms with Gasteiger partial charge in [-0.05, 0) is 37.1 Å². The number of amides is 3. The normalized spacial score (nSPS) is 15.1. The van der Waals surface area contributed by atoms with Gasteiger partial charge in [-0.2, -0.15) is 4.99 Å². The molecule has 1 aromatic carbocycles. The lowest BCUT2D eigenvalue weighted by Gasteiger charge is -2.10. The van der Waals surface area contributed by atoms with E-state index in [0.29, 0.717) is 4.80 Å². The van der Waals surface area contributed by atoms with Gasteiger partial charge < -0.3 is 9.30 Å². The van der Waals surface area contributed by atoms with E-state index in [2.05, 4.69) is 4.99 Å². The lowest BCUT2D eigenvalue weighted by Crippen LogP contribution is -2.34. The molecule has 3 amide bonds. The fourth-order valence-corrected chi connectivity index (χ4v) is 3.96. The molecule has 0 saturated carbocycles. The molecule has 1 aliphatic rings. The van der Waals surface area contributed by atoms with Crippen molar-refractivity contribution >= 4 is 45.2 Å². The van der Waals surface area contributed by atoms with E-state index < -0.39 is 11.9 Å². The molecule has 27 heavy (non-hydrogen) atoms. The van der Waals surface area contributed by atoms with Crippen molar-refractivity contribution in [3.05, 3.63) is 28.1 Å². The number of methoxy groups -OCH3 is 1. The number of esters is 1. The molecule has 3 rings (SSSR count). The third-order valence-corrected chi connectivity index (χ3v) is 5.52. The van der Waals surface area contributed by atoms with Crippen LogP contribution >= 0.6 is 11.3 Å². The highest BCUT2D eigenvalue weighted by Crippen LogP contribution is 2.22. The predicted octanol–water partition coefficient (Wildman–Crippen LogP) is 1.07. The second kappa shape index (κ2) is 7.43. The summed E-state index contributed by atoms with van der Waals surface area (Å²) in [6.07, 6.45) is 0.242. The van der Waals surface area contributed by atoms with E-state index in [0.717, 1.165) is 26.2 Å². The molecule has 0 radical (unpaired) electrons. The zero-order valence-corrected chi connectivity index (χ0v) is 16.1. The summed E-state index contributed by atoms with van der Waals surface area (Å²) >= 11 is 1.27. The van der Waals surface area contributed by atoms with Crippen molar-refractivity contribution in [1.82, 2.24) is 9.47 Å². The zero-order chi connectivity index (χ0) is 19.7. The first-order chi connectivity index (χ1) is 12.8. The summed E-state index contributed by atoms with van der Waals surface area (Å²) in [5, 5.41) is 0. The van der Waals surface area contributed by atoms with Crippen molar-refractivity contribution in [3.8, 4) is 0 Å². The SMILES string of the molecule is COC(=O)Cn1c(=NC(=O)CN2C(=O)CCC2=O)sc2cc(C)c(C)cc21. The highest BCUT2D eigenvalue weighted by Gasteiger charge is 2.30. The number of hydrogen-bond acceptors (Lipinski definition) is 6. The van der Waals surface area contributed by atoms with Crippen LogP contribution in [0.25, 0.3) is 10.2 Å². The molecule has 0 spiro atoms. The van der Waals surface area contributed by atoms with Gasteiger partial charge in [0.1, 0.15) is 13.1 Å². The molecule has 0 aliphatic carbocycles. The van der Waals surface area contributed by atoms with Gasteiger partial charge in [0.25, 0.3) is 5.91 Å². The predicted molar refractivity (Wildman–Crippen MR) is 97.8 cm³/mol. The van der Waals surface area contributed by atoms with E-state index in [4.69, 9.17) is 4.74 Å². The van der Waals surface area contributed by atoms with Gasteiger partial charge in [-0.3, -0.25) is 24.1 Å². The summed E-state index contributed by atoms with van der Waals surface area (Å²) in [5.74, 6) is -1.81. The number of fused-ring (bicyclic) bond motifs is 1. The molecule has 2 heterocycles. The number of aryl methyl sites for hydroxylation is 2. The number of ether oxygens (including phenoxy) is 1. The third-order valence-electron chi connectivity index (χ3n) is 4.48. The Morgan fingerprint density at radius 1 is 1.11 bits per heavy atom. The van der Waals surface area contributed by atoms with Gasteiger partial charge >= 0.3 is 5.97 Å². The first-order valence-corrected chi connectivity index (χ1v) is 9.20. The van der Waals surface area contributed by atoms with Gasteiger partial charge in [-0.15, -0.1) is 0 Å². The molecule has 1 aromatic heterocycles. The zero-order valence-electron chi connectivity index (χ0n) is 15.3. The van der Waals surface area contributed by atoms with Gasteiger partial charge in [0.2, 0.25) is 11.8 Å². The number of nitrogens with zero attached hydrogens (tertiary/aromatic N) is 3. The number of carbonyl (C=O) groups excluding carboxylic acids is 4. The van der Waals surface area contributed by atoms with Crippen LogP contribution in [0.5, 0.6) is 0 Å². The molecule has 1 saturated heterocycles. The average molecular weight is 389 g/mol. The minimum Gasteiger partial charge on any atom is -0.468 e. The molecule has 2 aromatic rings. The smallest absolute Gasteiger partial charge is 0.325 e. The number of hydrogen-bond donors (Lipinski definition) is 0. The molecule has 0 N–H and O–H groups in total. The molecular weight excluding hydrogens is 370 g/mol. The molecule has 1 aliphatic heterocycles. The Balaban J connectivity index is 2.03. The van der Waals surface area contributed by atoms with Crippen molar-refractivity contribution in [3.63, 3.8) is 0 Å². The minimum atomic E-state index is -0.614. The lowest BCUT2D eigenvalue weighted by atomic mass is 10.1. The van der Waals surface area contributed by atoms with Crippen molar-refractivity contribution < 1.29 is 23.9 Å². The van der Waals surface area contributed by atoms with E-state index in [1.807, 2.05) is 26.0 Å². The molecular formula is C18H19N3O5S. The van der Waals surface area contributed by atoms with Crippen molar-refractivity contribution in [2.45, 2.75) is 33.2 Å². The van der Waals surface area contributed by atoms with Crippen LogP contribution in [0.4, 0.5) is 0 Å². The first kappa shape index (κ1) is 19.0. The van der Waals surface area contributed by atoms with Gasteiger partial charge in [-0.25, -0.2) is 0 Å². The molecule has 8 nitrogen and oxygen atoms in total. The molecule has 1 fully saturated rings. The average Bonchev–Trinajstić information content (AvgIpc) is 3.10. The van der Waals surface area contributed by atoms with Crippen LogP contribution in [0.15, 0.2) is 17.1 Å². The maximum atomic E-state index is 12.3. The van der Waals surface area contributed by atoms with Crippen LogP contribution < -0.4 is 4.80 Å². The second-order valence-electron chi connectivity index (χ2n) is 6.33. The van der Waals surface area contributed by atoms with Crippen LogP contribution in [0.2, 0.25) is 0 Å². The lowest BCUT2D eigenvalue weighted by molar-refractivity contribution is -0.142. The number of aromatic nitrogens is 1. The number of rotatable bonds is 4. The molecule has 0 bridgehead atoms. The van der Waals surface area contributed by atoms with E-state index in [9.17, 15) is 19.2 Å². The second-order valence-corrected chi connectivity index (χ2v) is 7.34. The van der Waals surface area contributed by atoms with Gasteiger partial charge in [-0.1, -0.05) is 11.3 Å². The van der Waals surface area contributed by atoms with Gasteiger partial charge in [0.15, 0.2) is 4.80 Å². The van der Waals surface area contributed by atoms with Crippen LogP contribution in [-0.2, 0) is 30.5 Å². The number of carbonyl (C=O) groups is 4. The number of benzene rings is 1. The highest BCUT2D eigenvalue weighted by molar-refractivity contribution is 7.16. The maximum absolute atomic E-state index is 12.3. The van der Waals surface area contributed by atoms with Crippen LogP contribution in [0, 0.1) is 13.8 Å². The number of imide groups is 1. The monoisotopic (exact) mass is 389 g/mol. The van der Waals surface area contributed by atoms with Crippen molar-refractivity contribution in [1.29, 1.82) is 0 Å². The fourth-order valence-electron chi connectivity index (χ4n) is 2.83. The summed E-state index contributed by atoms with van der Waals surface area (Å²) in [6.45, 7) is 3.46. The molecule has 9 heteroatoms. The summed E-state index contributed by atoms with van der Waals surface area (Å²) in [5.41, 5.74) is 2.90. The molecule has 142 valence electrons. The van der Waals surface area contributed by atoms with Crippen LogP contribution in [0.1, 0.15) is 24.0 Å². The minimum absolute atomic E-state index is 0.0906. The quantitative estimate of drug-likeness (QED) is 0.575. The van der Waals surface area contributed by atoms with Crippen LogP contribution in [0.3, 0.4) is 0 Å². The highest BCUT2D eigenvalue weighted by atomic mass is 32.1. The van der Waals surface area contributed by atoms with Crippen LogP contribution in [-0.4, -0.2) is 46.8 Å². The molecule has 0 unspecified atom stereocenters. The van der Waals surface area contributed by atoms with E-state index in [1.54, 1.807) is 4.57 Å². The Morgan fingerprint density at radius 2 is 1.74 bits per heavy atom. The Morgan fingerprint density at radius 3 is 2.37 bits per heavy atom. The first-order valence-electron chi connectivity index (χ1n) is 8.38. The fraction of sp³-hybridized carbons (Fsp3) is 0.389. The summed E-state index contributed by atoms with van der Waals surface area (Å²) in [6, 6.07) is 3.90. The number of thiazole rings is 1. The summed E-state index contributed by atoms with van der Waals surface area (Å²) in [7, 11) is 1.29. The Kier molecular flexibility index (Phi) is 5.22.